The molecule has 1 unspecified atom stereocenters. The molecule has 3 aromatic heterocycles. The van der Waals surface area contributed by atoms with Gasteiger partial charge in [-0.1, -0.05) is 89.3 Å². The molecule has 1 aliphatic rings. The number of fused-ring (bicyclic) bond motifs is 1. The number of thioether (sulfide) groups is 1. The van der Waals surface area contributed by atoms with Crippen molar-refractivity contribution in [3.05, 3.63) is 112 Å². The van der Waals surface area contributed by atoms with Crippen LogP contribution in [-0.4, -0.2) is 36.4 Å². The van der Waals surface area contributed by atoms with Crippen molar-refractivity contribution in [2.45, 2.75) is 30.0 Å². The molecule has 0 spiro atoms. The van der Waals surface area contributed by atoms with Gasteiger partial charge < -0.3 is 9.51 Å². The van der Waals surface area contributed by atoms with Gasteiger partial charge in [0.05, 0.1) is 17.3 Å². The highest BCUT2D eigenvalue weighted by atomic mass is 35.5. The second kappa shape index (κ2) is 10.5. The van der Waals surface area contributed by atoms with Crippen molar-refractivity contribution in [2.24, 2.45) is 0 Å². The van der Waals surface area contributed by atoms with Crippen LogP contribution in [0.1, 0.15) is 34.1 Å². The van der Waals surface area contributed by atoms with Gasteiger partial charge in [-0.3, -0.25) is 14.5 Å². The Morgan fingerprint density at radius 2 is 1.77 bits per heavy atom. The number of aliphatic hydroxyl groups excluding tert-OH is 1. The van der Waals surface area contributed by atoms with Crippen LogP contribution in [-0.2, 0) is 15.3 Å². The highest BCUT2D eigenvalue weighted by molar-refractivity contribution is 8.00. The van der Waals surface area contributed by atoms with Crippen molar-refractivity contribution in [3.63, 3.8) is 0 Å². The Hall–Kier alpha value is -3.99. The van der Waals surface area contributed by atoms with Crippen LogP contribution in [0.15, 0.2) is 82.8 Å². The third kappa shape index (κ3) is 4.47. The van der Waals surface area contributed by atoms with Crippen LogP contribution in [0, 0.1) is 13.8 Å². The molecule has 1 atom stereocenters. The number of benzene rings is 2. The molecule has 8 nitrogen and oxygen atoms in total. The maximum Gasteiger partial charge on any atom is 0.301 e. The molecule has 11 heteroatoms. The molecular formula is C29H22ClN5O3S2. The lowest BCUT2D eigenvalue weighted by Crippen LogP contribution is -2.29. The number of aliphatic hydroxyl groups is 1. The number of imidazole rings is 1. The first-order valence-electron chi connectivity index (χ1n) is 12.4. The Bertz CT molecular complexity index is 1820. The summed E-state index contributed by atoms with van der Waals surface area (Å²) in [6, 6.07) is 19.6. The van der Waals surface area contributed by atoms with E-state index in [1.165, 1.54) is 28.0 Å². The summed E-state index contributed by atoms with van der Waals surface area (Å²) in [6.07, 6.45) is 1.85. The summed E-state index contributed by atoms with van der Waals surface area (Å²) >= 11 is 8.94. The van der Waals surface area contributed by atoms with Crippen molar-refractivity contribution in [2.75, 3.05) is 4.90 Å². The van der Waals surface area contributed by atoms with Crippen molar-refractivity contribution >= 4 is 62.9 Å². The van der Waals surface area contributed by atoms with Gasteiger partial charge in [0, 0.05) is 17.0 Å². The molecule has 2 aromatic carbocycles. The minimum Gasteiger partial charge on any atom is -0.505 e. The molecule has 0 bridgehead atoms. The minimum absolute atomic E-state index is 0.0409. The summed E-state index contributed by atoms with van der Waals surface area (Å²) < 4.78 is 2.47. The Labute approximate surface area is 243 Å². The summed E-state index contributed by atoms with van der Waals surface area (Å²) in [7, 11) is 0. The highest BCUT2D eigenvalue weighted by Gasteiger charge is 2.48. The number of carbonyl (C=O) groups excluding carboxylic acids is 2. The number of aryl methyl sites for hydroxylation is 2. The third-order valence-corrected chi connectivity index (χ3v) is 9.25. The quantitative estimate of drug-likeness (QED) is 0.0809. The maximum absolute atomic E-state index is 13.5. The molecule has 4 heterocycles. The lowest BCUT2D eigenvalue weighted by molar-refractivity contribution is -0.132. The van der Waals surface area contributed by atoms with E-state index < -0.39 is 17.7 Å². The van der Waals surface area contributed by atoms with Gasteiger partial charge in [0.1, 0.15) is 11.3 Å². The molecule has 200 valence electrons. The van der Waals surface area contributed by atoms with Gasteiger partial charge in [-0.15, -0.1) is 10.2 Å². The van der Waals surface area contributed by atoms with Gasteiger partial charge in [0.2, 0.25) is 5.13 Å². The lowest BCUT2D eigenvalue weighted by Gasteiger charge is -2.22. The number of pyridine rings is 1. The SMILES string of the molecule is Cc1cccn2c(C)c(/C(O)=C3\C(=O)C(=O)N(c4nnc(SCc5ccccc5Cl)s4)C3c3ccccc3)nc12. The second-order valence-corrected chi connectivity index (χ2v) is 11.8. The van der Waals surface area contributed by atoms with E-state index in [1.807, 2.05) is 91.2 Å². The Morgan fingerprint density at radius 3 is 2.52 bits per heavy atom. The summed E-state index contributed by atoms with van der Waals surface area (Å²) in [5.41, 5.74) is 4.05. The molecule has 6 rings (SSSR count). The summed E-state index contributed by atoms with van der Waals surface area (Å²) in [5, 5.41) is 21.0. The Kier molecular flexibility index (Phi) is 6.91. The van der Waals surface area contributed by atoms with E-state index in [1.54, 1.807) is 0 Å². The van der Waals surface area contributed by atoms with Crippen molar-refractivity contribution < 1.29 is 14.7 Å². The first-order valence-corrected chi connectivity index (χ1v) is 14.5. The largest absolute Gasteiger partial charge is 0.505 e. The van der Waals surface area contributed by atoms with Crippen LogP contribution < -0.4 is 4.90 Å². The number of Topliss-reactive ketones (excluding diaryl/α,β-unsaturated/α-hetero) is 1. The summed E-state index contributed by atoms with van der Waals surface area (Å²) in [4.78, 5) is 33.0. The standard InChI is InChI=1S/C29H22ClN5O3S2/c1-16-9-8-14-34-17(2)22(31-26(16)34)24(36)21-23(18-10-4-3-5-11-18)35(27(38)25(21)37)28-32-33-29(40-28)39-15-19-12-6-7-13-20(19)30/h3-14,23,36H,15H2,1-2H3/b24-21+. The number of amides is 1. The zero-order valence-corrected chi connectivity index (χ0v) is 23.8. The molecular weight excluding hydrogens is 566 g/mol. The zero-order chi connectivity index (χ0) is 28.0. The summed E-state index contributed by atoms with van der Waals surface area (Å²) in [6.45, 7) is 3.74. The monoisotopic (exact) mass is 587 g/mol. The fraction of sp³-hybridized carbons (Fsp3) is 0.138. The number of rotatable bonds is 6. The predicted octanol–water partition coefficient (Wildman–Crippen LogP) is 6.37. The van der Waals surface area contributed by atoms with Gasteiger partial charge in [0.25, 0.3) is 5.78 Å². The molecule has 0 saturated carbocycles. The normalized spacial score (nSPS) is 16.8. The lowest BCUT2D eigenvalue weighted by atomic mass is 9.96. The van der Waals surface area contributed by atoms with Crippen molar-refractivity contribution in [1.82, 2.24) is 19.6 Å². The van der Waals surface area contributed by atoms with E-state index in [0.29, 0.717) is 32.0 Å². The molecule has 5 aromatic rings. The number of halogens is 1. The van der Waals surface area contributed by atoms with Gasteiger partial charge in [-0.25, -0.2) is 4.98 Å². The number of carbonyl (C=O) groups is 2. The molecule has 40 heavy (non-hydrogen) atoms. The molecule has 1 N–H and O–H groups in total. The van der Waals surface area contributed by atoms with Crippen LogP contribution in [0.5, 0.6) is 0 Å². The van der Waals surface area contributed by atoms with Crippen LogP contribution >= 0.6 is 34.7 Å². The second-order valence-electron chi connectivity index (χ2n) is 9.24. The van der Waals surface area contributed by atoms with E-state index >= 15 is 0 Å². The van der Waals surface area contributed by atoms with E-state index in [9.17, 15) is 14.7 Å². The smallest absolute Gasteiger partial charge is 0.301 e. The predicted molar refractivity (Wildman–Crippen MR) is 157 cm³/mol. The first kappa shape index (κ1) is 26.2. The molecule has 1 saturated heterocycles. The topological polar surface area (TPSA) is 101 Å². The van der Waals surface area contributed by atoms with Crippen LogP contribution in [0.2, 0.25) is 5.02 Å². The fourth-order valence-electron chi connectivity index (χ4n) is 4.77. The fourth-order valence-corrected chi connectivity index (χ4v) is 6.92. The Balaban J connectivity index is 1.43. The zero-order valence-electron chi connectivity index (χ0n) is 21.4. The molecule has 1 aliphatic heterocycles. The van der Waals surface area contributed by atoms with Gasteiger partial charge >= 0.3 is 5.91 Å². The van der Waals surface area contributed by atoms with Crippen LogP contribution in [0.3, 0.4) is 0 Å². The van der Waals surface area contributed by atoms with E-state index in [0.717, 1.165) is 11.1 Å². The average Bonchev–Trinajstić information content (AvgIpc) is 3.64. The van der Waals surface area contributed by atoms with E-state index in [-0.39, 0.29) is 22.2 Å². The Morgan fingerprint density at radius 1 is 1.02 bits per heavy atom. The van der Waals surface area contributed by atoms with Gasteiger partial charge in [-0.2, -0.15) is 0 Å². The number of aromatic nitrogens is 4. The number of ketones is 1. The van der Waals surface area contributed by atoms with Crippen LogP contribution in [0.4, 0.5) is 5.13 Å². The number of anilines is 1. The molecule has 1 amide bonds. The number of hydrogen-bond donors (Lipinski definition) is 1. The highest BCUT2D eigenvalue weighted by Crippen LogP contribution is 2.44. The minimum atomic E-state index is -0.902. The summed E-state index contributed by atoms with van der Waals surface area (Å²) in [5.74, 6) is -1.35. The van der Waals surface area contributed by atoms with Gasteiger partial charge in [-0.05, 0) is 42.7 Å². The number of nitrogens with zero attached hydrogens (tertiary/aromatic N) is 5. The third-order valence-electron chi connectivity index (χ3n) is 6.78. The maximum atomic E-state index is 13.5. The van der Waals surface area contributed by atoms with E-state index in [2.05, 4.69) is 15.2 Å². The average molecular weight is 588 g/mol. The van der Waals surface area contributed by atoms with Gasteiger partial charge in [0.15, 0.2) is 10.1 Å². The number of hydrogen-bond acceptors (Lipinski definition) is 8. The van der Waals surface area contributed by atoms with Crippen molar-refractivity contribution in [1.29, 1.82) is 0 Å². The van der Waals surface area contributed by atoms with E-state index in [4.69, 9.17) is 11.6 Å². The molecule has 1 fully saturated rings. The first-order chi connectivity index (χ1) is 19.3. The molecule has 0 radical (unpaired) electrons. The van der Waals surface area contributed by atoms with Crippen LogP contribution in [0.25, 0.3) is 11.4 Å². The molecule has 0 aliphatic carbocycles. The van der Waals surface area contributed by atoms with Crippen molar-refractivity contribution in [3.8, 4) is 0 Å².